The number of aromatic nitrogens is 2. The van der Waals surface area contributed by atoms with Crippen LogP contribution in [0.15, 0.2) is 0 Å². The van der Waals surface area contributed by atoms with E-state index in [0.29, 0.717) is 23.0 Å². The third-order valence-corrected chi connectivity index (χ3v) is 7.51. The highest BCUT2D eigenvalue weighted by molar-refractivity contribution is 7.90. The lowest BCUT2D eigenvalue weighted by Crippen LogP contribution is -2.47. The number of hydrogen-bond acceptors (Lipinski definition) is 7. The van der Waals surface area contributed by atoms with Crippen LogP contribution >= 0.6 is 11.5 Å². The van der Waals surface area contributed by atoms with E-state index in [1.54, 1.807) is 27.7 Å². The Labute approximate surface area is 153 Å². The van der Waals surface area contributed by atoms with Crippen molar-refractivity contribution in [2.45, 2.75) is 64.2 Å². The summed E-state index contributed by atoms with van der Waals surface area (Å²) in [5.41, 5.74) is 6.26. The van der Waals surface area contributed by atoms with Crippen molar-refractivity contribution in [3.63, 3.8) is 0 Å². The minimum Gasteiger partial charge on any atom is -0.287 e. The molecule has 0 aliphatic heterocycles. The predicted molar refractivity (Wildman–Crippen MR) is 97.7 cm³/mol. The molecular formula is C15H27N5O3S2. The summed E-state index contributed by atoms with van der Waals surface area (Å²) < 4.78 is 30.2. The fourth-order valence-electron chi connectivity index (χ4n) is 2.65. The Hall–Kier alpha value is -1.10. The van der Waals surface area contributed by atoms with E-state index < -0.39 is 14.8 Å². The third-order valence-electron chi connectivity index (χ3n) is 4.43. The summed E-state index contributed by atoms with van der Waals surface area (Å²) in [6, 6.07) is 0.000910. The smallest absolute Gasteiger partial charge is 0.279 e. The molecule has 10 heteroatoms. The highest BCUT2D eigenvalue weighted by Crippen LogP contribution is 2.25. The molecule has 1 saturated carbocycles. The zero-order valence-corrected chi connectivity index (χ0v) is 16.8. The Bertz CT molecular complexity index is 688. The van der Waals surface area contributed by atoms with E-state index in [1.807, 2.05) is 0 Å². The van der Waals surface area contributed by atoms with Crippen LogP contribution in [0.25, 0.3) is 0 Å². The van der Waals surface area contributed by atoms with Crippen LogP contribution in [0.4, 0.5) is 0 Å². The Balaban J connectivity index is 1.71. The first-order valence-electron chi connectivity index (χ1n) is 8.44. The summed E-state index contributed by atoms with van der Waals surface area (Å²) in [6.45, 7) is 7.52. The first-order valence-corrected chi connectivity index (χ1v) is 10.7. The first kappa shape index (κ1) is 20.2. The second-order valence-corrected chi connectivity index (χ2v) is 10.7. The van der Waals surface area contributed by atoms with Gasteiger partial charge in [-0.15, -0.1) is 5.10 Å². The van der Waals surface area contributed by atoms with Crippen LogP contribution in [0, 0.1) is 12.8 Å². The number of carbonyl (C=O) groups excluding carboxylic acids is 1. The van der Waals surface area contributed by atoms with E-state index >= 15 is 0 Å². The Morgan fingerprint density at radius 2 is 1.88 bits per heavy atom. The average molecular weight is 390 g/mol. The molecule has 142 valence electrons. The largest absolute Gasteiger partial charge is 0.287 e. The molecule has 0 unspecified atom stereocenters. The molecule has 1 aromatic heterocycles. The van der Waals surface area contributed by atoms with Gasteiger partial charge in [-0.05, 0) is 70.8 Å². The minimum absolute atomic E-state index is 0.000910. The minimum atomic E-state index is -3.31. The Kier molecular flexibility index (Phi) is 6.52. The maximum atomic E-state index is 12.2. The first-order chi connectivity index (χ1) is 11.6. The van der Waals surface area contributed by atoms with Gasteiger partial charge >= 0.3 is 0 Å². The second-order valence-electron chi connectivity index (χ2n) is 7.47. The molecule has 1 amide bonds. The van der Waals surface area contributed by atoms with Gasteiger partial charge in [0, 0.05) is 12.6 Å². The van der Waals surface area contributed by atoms with Crippen molar-refractivity contribution in [3.8, 4) is 0 Å². The van der Waals surface area contributed by atoms with E-state index in [9.17, 15) is 13.2 Å². The van der Waals surface area contributed by atoms with Gasteiger partial charge in [0.15, 0.2) is 0 Å². The fraction of sp³-hybridized carbons (Fsp3) is 0.800. The number of hydrazine groups is 1. The van der Waals surface area contributed by atoms with Crippen molar-refractivity contribution in [3.05, 3.63) is 10.6 Å². The van der Waals surface area contributed by atoms with Crippen LogP contribution in [-0.2, 0) is 10.0 Å². The van der Waals surface area contributed by atoms with Crippen LogP contribution in [-0.4, -0.2) is 41.2 Å². The van der Waals surface area contributed by atoms with Crippen molar-refractivity contribution in [2.24, 2.45) is 5.92 Å². The maximum Gasteiger partial charge on any atom is 0.279 e. The predicted octanol–water partition coefficient (Wildman–Crippen LogP) is 1.36. The Morgan fingerprint density at radius 1 is 1.24 bits per heavy atom. The molecule has 1 fully saturated rings. The lowest BCUT2D eigenvalue weighted by atomic mass is 9.86. The molecule has 0 saturated heterocycles. The molecule has 0 radical (unpaired) electrons. The number of rotatable bonds is 6. The highest BCUT2D eigenvalue weighted by atomic mass is 32.2. The highest BCUT2D eigenvalue weighted by Gasteiger charge is 2.32. The zero-order chi connectivity index (χ0) is 18.7. The average Bonchev–Trinajstić information content (AvgIpc) is 2.93. The summed E-state index contributed by atoms with van der Waals surface area (Å²) in [5, 5.41) is 3.81. The lowest BCUT2D eigenvalue weighted by molar-refractivity contribution is 0.0931. The number of nitrogens with one attached hydrogen (secondary N) is 3. The number of amides is 1. The van der Waals surface area contributed by atoms with Gasteiger partial charge in [-0.3, -0.25) is 10.2 Å². The van der Waals surface area contributed by atoms with Gasteiger partial charge in [0.1, 0.15) is 4.88 Å². The fourth-order valence-corrected chi connectivity index (χ4v) is 4.23. The SMILES string of the molecule is Cc1nnsc1C(=O)NNCC1CCC(NS(=O)(=O)C(C)(C)C)CC1. The van der Waals surface area contributed by atoms with Gasteiger partial charge in [-0.2, -0.15) is 0 Å². The van der Waals surface area contributed by atoms with Crippen molar-refractivity contribution in [1.82, 2.24) is 25.2 Å². The molecule has 0 atom stereocenters. The van der Waals surface area contributed by atoms with Gasteiger partial charge in [0.05, 0.1) is 10.4 Å². The molecule has 8 nitrogen and oxygen atoms in total. The number of sulfonamides is 1. The van der Waals surface area contributed by atoms with Crippen molar-refractivity contribution in [2.75, 3.05) is 6.54 Å². The monoisotopic (exact) mass is 389 g/mol. The van der Waals surface area contributed by atoms with Crippen LogP contribution in [0.5, 0.6) is 0 Å². The summed E-state index contributed by atoms with van der Waals surface area (Å²) in [7, 11) is -3.31. The normalized spacial score (nSPS) is 21.9. The molecule has 1 heterocycles. The molecule has 1 aromatic rings. The summed E-state index contributed by atoms with van der Waals surface area (Å²) in [6.07, 6.45) is 3.46. The van der Waals surface area contributed by atoms with Gasteiger partial charge in [-0.25, -0.2) is 18.6 Å². The molecule has 25 heavy (non-hydrogen) atoms. The number of nitrogens with zero attached hydrogens (tertiary/aromatic N) is 2. The Morgan fingerprint density at radius 3 is 2.40 bits per heavy atom. The summed E-state index contributed by atoms with van der Waals surface area (Å²) in [4.78, 5) is 12.5. The molecule has 2 rings (SSSR count). The van der Waals surface area contributed by atoms with Gasteiger partial charge in [0.2, 0.25) is 10.0 Å². The zero-order valence-electron chi connectivity index (χ0n) is 15.1. The van der Waals surface area contributed by atoms with E-state index in [-0.39, 0.29) is 11.9 Å². The molecule has 0 aromatic carbocycles. The van der Waals surface area contributed by atoms with Crippen LogP contribution in [0.3, 0.4) is 0 Å². The van der Waals surface area contributed by atoms with Gasteiger partial charge in [-0.1, -0.05) is 4.49 Å². The molecule has 3 N–H and O–H groups in total. The van der Waals surface area contributed by atoms with Crippen LogP contribution in [0.1, 0.15) is 61.8 Å². The van der Waals surface area contributed by atoms with Gasteiger partial charge in [0.25, 0.3) is 5.91 Å². The topological polar surface area (TPSA) is 113 Å². The van der Waals surface area contributed by atoms with Crippen LogP contribution in [0.2, 0.25) is 0 Å². The molecule has 0 bridgehead atoms. The van der Waals surface area contributed by atoms with Crippen LogP contribution < -0.4 is 15.6 Å². The molecule has 1 aliphatic carbocycles. The lowest BCUT2D eigenvalue weighted by Gasteiger charge is -2.31. The third kappa shape index (κ3) is 5.44. The number of carbonyl (C=O) groups is 1. The summed E-state index contributed by atoms with van der Waals surface area (Å²) in [5.74, 6) is 0.190. The van der Waals surface area contributed by atoms with E-state index in [2.05, 4.69) is 25.2 Å². The van der Waals surface area contributed by atoms with E-state index in [1.165, 1.54) is 0 Å². The number of hydrogen-bond donors (Lipinski definition) is 3. The standard InChI is InChI=1S/C15H27N5O3S2/c1-10-13(24-20-17-10)14(21)18-16-9-11-5-7-12(8-6-11)19-25(22,23)15(2,3)4/h11-12,16,19H,5-9H2,1-4H3,(H,18,21). The summed E-state index contributed by atoms with van der Waals surface area (Å²) >= 11 is 1.07. The van der Waals surface area contributed by atoms with Crippen molar-refractivity contribution < 1.29 is 13.2 Å². The molecular weight excluding hydrogens is 362 g/mol. The molecule has 0 spiro atoms. The second kappa shape index (κ2) is 8.07. The quantitative estimate of drug-likeness (QED) is 0.633. The maximum absolute atomic E-state index is 12.2. The van der Waals surface area contributed by atoms with E-state index in [0.717, 1.165) is 37.2 Å². The number of aryl methyl sites for hydroxylation is 1. The van der Waals surface area contributed by atoms with Gasteiger partial charge < -0.3 is 0 Å². The van der Waals surface area contributed by atoms with Crippen molar-refractivity contribution >= 4 is 27.5 Å². The molecule has 1 aliphatic rings. The van der Waals surface area contributed by atoms with Crippen molar-refractivity contribution in [1.29, 1.82) is 0 Å². The van der Waals surface area contributed by atoms with E-state index in [4.69, 9.17) is 0 Å².